The van der Waals surface area contributed by atoms with Crippen molar-refractivity contribution < 1.29 is 99.2 Å². The lowest BCUT2D eigenvalue weighted by Gasteiger charge is -2.51. The average Bonchev–Trinajstić information content (AvgIpc) is 3.04. The van der Waals surface area contributed by atoms with Crippen LogP contribution in [-0.2, 0) is 38.0 Å². The van der Waals surface area contributed by atoms with Crippen LogP contribution in [0.15, 0.2) is 0 Å². The largest absolute Gasteiger partial charge is 0.394 e. The van der Waals surface area contributed by atoms with Crippen LogP contribution < -0.4 is 5.32 Å². The first-order valence-corrected chi connectivity index (χ1v) is 15.0. The second-order valence-corrected chi connectivity index (χ2v) is 11.9. The number of aliphatic hydroxyl groups is 12. The summed E-state index contributed by atoms with van der Waals surface area (Å²) in [6.45, 7) is -0.149. The molecule has 4 saturated heterocycles. The van der Waals surface area contributed by atoms with E-state index >= 15 is 0 Å². The predicted octanol–water partition coefficient (Wildman–Crippen LogP) is -8.58. The number of aliphatic hydroxyl groups excluding tert-OH is 12. The molecular weight excluding hydrogens is 646 g/mol. The fraction of sp³-hybridized carbons (Fsp3) is 0.962. The highest BCUT2D eigenvalue weighted by Crippen LogP contribution is 2.35. The van der Waals surface area contributed by atoms with E-state index < -0.39 is 148 Å². The molecule has 4 heterocycles. The first kappa shape index (κ1) is 38.5. The SMILES string of the molecule is CC(=O)N[C@H]1[C@H](O[C@@H]2[C@@H](O)[C@@H](O)O[C@H](CO)[C@@H]2O)O[C@H](CO)[C@@H](O[C@@H]2O[C@@H](C)[C@@H](O)[C@@H](O)[C@@H]2O)[C@@H]1O[C@@H]1O[C@H](CO)[C@H](O)[C@H](O)[C@H]1O. The molecule has 0 saturated carbocycles. The number of hydrogen-bond acceptors (Lipinski definition) is 20. The maximum Gasteiger partial charge on any atom is 0.217 e. The molecule has 21 heteroatoms. The Morgan fingerprint density at radius 2 is 1.04 bits per heavy atom. The minimum atomic E-state index is -1.99. The molecule has 0 spiro atoms. The second kappa shape index (κ2) is 16.2. The Hall–Kier alpha value is -1.29. The van der Waals surface area contributed by atoms with Gasteiger partial charge in [-0.3, -0.25) is 4.79 Å². The molecule has 4 aliphatic heterocycles. The van der Waals surface area contributed by atoms with Crippen molar-refractivity contribution in [3.05, 3.63) is 0 Å². The molecule has 13 N–H and O–H groups in total. The molecule has 274 valence electrons. The molecule has 0 aromatic heterocycles. The quantitative estimate of drug-likeness (QED) is 0.101. The Labute approximate surface area is 267 Å². The molecule has 4 rings (SSSR count). The maximum absolute atomic E-state index is 12.5. The number of carbonyl (C=O) groups excluding carboxylic acids is 1. The van der Waals surface area contributed by atoms with Crippen molar-refractivity contribution in [1.29, 1.82) is 0 Å². The summed E-state index contributed by atoms with van der Waals surface area (Å²) < 4.78 is 39.5. The summed E-state index contributed by atoms with van der Waals surface area (Å²) in [6.07, 6.45) is -32.7. The topological polar surface area (TPSA) is 336 Å². The number of rotatable bonds is 10. The highest BCUT2D eigenvalue weighted by molar-refractivity contribution is 5.73. The summed E-state index contributed by atoms with van der Waals surface area (Å²) in [7, 11) is 0. The Balaban J connectivity index is 1.73. The van der Waals surface area contributed by atoms with Crippen molar-refractivity contribution in [3.8, 4) is 0 Å². The summed E-state index contributed by atoms with van der Waals surface area (Å²) in [6, 6.07) is -1.62. The summed E-state index contributed by atoms with van der Waals surface area (Å²) in [5.74, 6) is -0.765. The Morgan fingerprint density at radius 3 is 1.62 bits per heavy atom. The first-order valence-electron chi connectivity index (χ1n) is 15.0. The Morgan fingerprint density at radius 1 is 0.553 bits per heavy atom. The molecule has 4 aliphatic rings. The molecule has 21 nitrogen and oxygen atoms in total. The number of hydrogen-bond donors (Lipinski definition) is 13. The van der Waals surface area contributed by atoms with Gasteiger partial charge in [-0.1, -0.05) is 0 Å². The van der Waals surface area contributed by atoms with Gasteiger partial charge in [0.05, 0.1) is 25.9 Å². The number of amides is 1. The normalized spacial score (nSPS) is 51.0. The zero-order valence-corrected chi connectivity index (χ0v) is 25.3. The third-order valence-corrected chi connectivity index (χ3v) is 8.57. The van der Waals surface area contributed by atoms with Crippen molar-refractivity contribution >= 4 is 5.91 Å². The van der Waals surface area contributed by atoms with Gasteiger partial charge in [0, 0.05) is 6.92 Å². The zero-order chi connectivity index (χ0) is 34.9. The van der Waals surface area contributed by atoms with Crippen molar-refractivity contribution in [2.45, 2.75) is 137 Å². The molecular formula is C26H45NO20. The first-order chi connectivity index (χ1) is 22.1. The monoisotopic (exact) mass is 691 g/mol. The van der Waals surface area contributed by atoms with Gasteiger partial charge in [0.2, 0.25) is 5.91 Å². The van der Waals surface area contributed by atoms with Gasteiger partial charge >= 0.3 is 0 Å². The van der Waals surface area contributed by atoms with Gasteiger partial charge in [-0.25, -0.2) is 0 Å². The standard InChI is InChI=1S/C26H45NO20/c1-6-12(32)15(35)17(37)25(41-6)45-20-10(5-30)44-24(47-22-14(34)9(4-29)42-23(40)19(22)39)11(27-7(2)31)21(20)46-26-18(38)16(36)13(33)8(3-28)43-26/h6,8-26,28-30,32-40H,3-5H2,1-2H3,(H,27,31)/t6-,8+,9+,10+,11+,12+,13-,14-,15+,16-,17-,18+,19+,20+,21+,22-,23-,24-,25-,26-/m0/s1. The molecule has 0 bridgehead atoms. The van der Waals surface area contributed by atoms with Gasteiger partial charge in [0.25, 0.3) is 0 Å². The number of ether oxygens (including phenoxy) is 7. The van der Waals surface area contributed by atoms with Crippen molar-refractivity contribution in [1.82, 2.24) is 5.32 Å². The van der Waals surface area contributed by atoms with Gasteiger partial charge in [-0.05, 0) is 6.92 Å². The van der Waals surface area contributed by atoms with Crippen LogP contribution in [0.3, 0.4) is 0 Å². The van der Waals surface area contributed by atoms with Crippen LogP contribution in [0, 0.1) is 0 Å². The van der Waals surface area contributed by atoms with E-state index in [1.54, 1.807) is 0 Å². The van der Waals surface area contributed by atoms with Gasteiger partial charge < -0.3 is 99.8 Å². The molecule has 0 aromatic rings. The van der Waals surface area contributed by atoms with E-state index in [1.807, 2.05) is 0 Å². The lowest BCUT2D eigenvalue weighted by atomic mass is 9.93. The third-order valence-electron chi connectivity index (χ3n) is 8.57. The smallest absolute Gasteiger partial charge is 0.217 e. The van der Waals surface area contributed by atoms with Gasteiger partial charge in [0.1, 0.15) is 91.5 Å². The van der Waals surface area contributed by atoms with Crippen LogP contribution in [0.4, 0.5) is 0 Å². The van der Waals surface area contributed by atoms with E-state index in [9.17, 15) is 66.1 Å². The van der Waals surface area contributed by atoms with E-state index in [-0.39, 0.29) is 0 Å². The average molecular weight is 692 g/mol. The molecule has 0 aromatic carbocycles. The van der Waals surface area contributed by atoms with Crippen LogP contribution in [0.1, 0.15) is 13.8 Å². The van der Waals surface area contributed by atoms with Crippen LogP contribution in [0.5, 0.6) is 0 Å². The minimum absolute atomic E-state index is 0.765. The summed E-state index contributed by atoms with van der Waals surface area (Å²) >= 11 is 0. The molecule has 20 atom stereocenters. The highest BCUT2D eigenvalue weighted by Gasteiger charge is 2.56. The van der Waals surface area contributed by atoms with E-state index in [2.05, 4.69) is 5.32 Å². The Bertz CT molecular complexity index is 1010. The second-order valence-electron chi connectivity index (χ2n) is 11.9. The van der Waals surface area contributed by atoms with Crippen LogP contribution in [0.25, 0.3) is 0 Å². The van der Waals surface area contributed by atoms with Gasteiger partial charge in [-0.2, -0.15) is 0 Å². The molecule has 1 amide bonds. The third kappa shape index (κ3) is 8.04. The maximum atomic E-state index is 12.5. The molecule has 0 radical (unpaired) electrons. The molecule has 47 heavy (non-hydrogen) atoms. The van der Waals surface area contributed by atoms with Crippen LogP contribution in [0.2, 0.25) is 0 Å². The number of nitrogens with one attached hydrogen (secondary N) is 1. The van der Waals surface area contributed by atoms with Crippen molar-refractivity contribution in [2.24, 2.45) is 0 Å². The number of carbonyl (C=O) groups is 1. The lowest BCUT2D eigenvalue weighted by Crippen LogP contribution is -2.71. The fourth-order valence-corrected chi connectivity index (χ4v) is 5.88. The van der Waals surface area contributed by atoms with Crippen LogP contribution in [-0.4, -0.2) is 210 Å². The molecule has 4 fully saturated rings. The molecule has 0 aliphatic carbocycles. The minimum Gasteiger partial charge on any atom is -0.394 e. The molecule has 0 unspecified atom stereocenters. The van der Waals surface area contributed by atoms with Crippen molar-refractivity contribution in [3.63, 3.8) is 0 Å². The van der Waals surface area contributed by atoms with Crippen LogP contribution >= 0.6 is 0 Å². The summed E-state index contributed by atoms with van der Waals surface area (Å²) in [5.41, 5.74) is 0. The summed E-state index contributed by atoms with van der Waals surface area (Å²) in [4.78, 5) is 12.5. The van der Waals surface area contributed by atoms with Gasteiger partial charge in [-0.15, -0.1) is 0 Å². The Kier molecular flexibility index (Phi) is 13.2. The predicted molar refractivity (Wildman–Crippen MR) is 144 cm³/mol. The van der Waals surface area contributed by atoms with Crippen molar-refractivity contribution in [2.75, 3.05) is 19.8 Å². The highest BCUT2D eigenvalue weighted by atomic mass is 16.8. The van der Waals surface area contributed by atoms with E-state index in [0.29, 0.717) is 0 Å². The van der Waals surface area contributed by atoms with E-state index in [0.717, 1.165) is 6.92 Å². The van der Waals surface area contributed by atoms with E-state index in [1.165, 1.54) is 6.92 Å². The fourth-order valence-electron chi connectivity index (χ4n) is 5.88. The lowest BCUT2D eigenvalue weighted by molar-refractivity contribution is -0.384. The summed E-state index contributed by atoms with van der Waals surface area (Å²) in [5, 5.41) is 126. The zero-order valence-electron chi connectivity index (χ0n) is 25.3. The van der Waals surface area contributed by atoms with E-state index in [4.69, 9.17) is 33.2 Å². The van der Waals surface area contributed by atoms with Gasteiger partial charge in [0.15, 0.2) is 25.2 Å².